The number of hydrogen-bond acceptors (Lipinski definition) is 2. The Balaban J connectivity index is 0.000000180. The van der Waals surface area contributed by atoms with Crippen molar-refractivity contribution in [2.45, 2.75) is 18.9 Å². The van der Waals surface area contributed by atoms with Crippen LogP contribution in [0.2, 0.25) is 6.04 Å². The molecular formula is C5H12O4Si. The summed E-state index contributed by atoms with van der Waals surface area (Å²) in [6.07, 6.45) is 0.916. The zero-order chi connectivity index (χ0) is 7.82. The molecule has 0 radical (unpaired) electrons. The fraction of sp³-hybridized carbons (Fsp3) is 0.800. The Labute approximate surface area is 61.8 Å². The minimum absolute atomic E-state index is 0.00849. The molecule has 1 aliphatic heterocycles. The van der Waals surface area contributed by atoms with Crippen molar-refractivity contribution in [1.29, 1.82) is 0 Å². The molecule has 0 atom stereocenters. The van der Waals surface area contributed by atoms with Gasteiger partial charge in [-0.1, -0.05) is 6.42 Å². The molecule has 5 heteroatoms. The second kappa shape index (κ2) is 6.57. The fourth-order valence-corrected chi connectivity index (χ4v) is 1.86. The van der Waals surface area contributed by atoms with Crippen molar-refractivity contribution < 1.29 is 19.4 Å². The Bertz CT molecular complexity index is 76.1. The summed E-state index contributed by atoms with van der Waals surface area (Å²) in [5.74, 6) is 0. The zero-order valence-electron chi connectivity index (χ0n) is 5.75. The number of rotatable bonds is 0. The maximum absolute atomic E-state index is 8.56. The van der Waals surface area contributed by atoms with Gasteiger partial charge in [0.1, 0.15) is 0 Å². The number of carbonyl (C=O) groups is 1. The Kier molecular flexibility index (Phi) is 6.20. The van der Waals surface area contributed by atoms with Crippen LogP contribution in [0.3, 0.4) is 0 Å². The predicted molar refractivity (Wildman–Crippen MR) is 39.2 cm³/mol. The molecule has 10 heavy (non-hydrogen) atoms. The summed E-state index contributed by atoms with van der Waals surface area (Å²) in [6.45, 7) is 1.06. The summed E-state index contributed by atoms with van der Waals surface area (Å²) in [4.78, 5) is 8.56. The standard InChI is InChI=1S/C4H10OSi.CH2O3/c1-2-4-6-5-3-1;2-1(3)4/h1-4,6H2;(H2,2,3,4). The van der Waals surface area contributed by atoms with E-state index in [4.69, 9.17) is 19.4 Å². The Morgan fingerprint density at radius 2 is 2.00 bits per heavy atom. The van der Waals surface area contributed by atoms with Crippen LogP contribution in [-0.2, 0) is 4.43 Å². The largest absolute Gasteiger partial charge is 0.503 e. The van der Waals surface area contributed by atoms with Crippen LogP contribution < -0.4 is 0 Å². The van der Waals surface area contributed by atoms with Gasteiger partial charge in [-0.05, 0) is 12.5 Å². The highest BCUT2D eigenvalue weighted by Gasteiger charge is 1.96. The van der Waals surface area contributed by atoms with Crippen LogP contribution in [-0.4, -0.2) is 32.7 Å². The predicted octanol–water partition coefficient (Wildman–Crippen LogP) is 0.521. The van der Waals surface area contributed by atoms with Gasteiger partial charge in [0.05, 0.1) is 0 Å². The Hall–Kier alpha value is -0.553. The van der Waals surface area contributed by atoms with Crippen LogP contribution in [0, 0.1) is 0 Å². The van der Waals surface area contributed by atoms with E-state index in [2.05, 4.69) is 0 Å². The van der Waals surface area contributed by atoms with Crippen molar-refractivity contribution in [3.63, 3.8) is 0 Å². The molecule has 0 spiro atoms. The lowest BCUT2D eigenvalue weighted by atomic mass is 10.4. The minimum atomic E-state index is -1.83. The summed E-state index contributed by atoms with van der Waals surface area (Å²) in [5, 5.41) is 13.9. The van der Waals surface area contributed by atoms with E-state index >= 15 is 0 Å². The van der Waals surface area contributed by atoms with Crippen molar-refractivity contribution in [3.8, 4) is 0 Å². The van der Waals surface area contributed by atoms with Gasteiger partial charge < -0.3 is 14.6 Å². The molecule has 0 unspecified atom stereocenters. The molecule has 0 saturated carbocycles. The van der Waals surface area contributed by atoms with Crippen molar-refractivity contribution in [2.24, 2.45) is 0 Å². The molecule has 0 aromatic heterocycles. The van der Waals surface area contributed by atoms with Gasteiger partial charge >= 0.3 is 6.16 Å². The average molecular weight is 164 g/mol. The molecule has 1 heterocycles. The molecule has 1 saturated heterocycles. The minimum Gasteiger partial charge on any atom is -0.450 e. The first kappa shape index (κ1) is 9.45. The van der Waals surface area contributed by atoms with Gasteiger partial charge in [-0.25, -0.2) is 4.79 Å². The SMILES string of the molecule is C1CC[SiH2]OC1.O=C(O)O. The third-order valence-corrected chi connectivity index (χ3v) is 2.44. The van der Waals surface area contributed by atoms with Crippen LogP contribution in [0.1, 0.15) is 12.8 Å². The fourth-order valence-electron chi connectivity index (χ4n) is 0.687. The maximum atomic E-state index is 8.56. The summed E-state index contributed by atoms with van der Waals surface area (Å²) in [5.41, 5.74) is 0. The third-order valence-electron chi connectivity index (χ3n) is 1.08. The summed E-state index contributed by atoms with van der Waals surface area (Å²) in [7, 11) is 0.00849. The first-order valence-electron chi connectivity index (χ1n) is 3.23. The average Bonchev–Trinajstić information content (AvgIpc) is 1.90. The number of carboxylic acid groups (broad SMARTS) is 2. The number of hydrogen-bond donors (Lipinski definition) is 2. The van der Waals surface area contributed by atoms with Crippen LogP contribution in [0.5, 0.6) is 0 Å². The van der Waals surface area contributed by atoms with E-state index in [1.54, 1.807) is 0 Å². The highest BCUT2D eigenvalue weighted by Crippen LogP contribution is 2.01. The molecule has 4 nitrogen and oxygen atoms in total. The second-order valence-corrected chi connectivity index (χ2v) is 3.48. The summed E-state index contributed by atoms with van der Waals surface area (Å²) >= 11 is 0. The van der Waals surface area contributed by atoms with Crippen LogP contribution in [0.4, 0.5) is 4.79 Å². The zero-order valence-corrected chi connectivity index (χ0v) is 7.16. The molecule has 0 bridgehead atoms. The highest BCUT2D eigenvalue weighted by molar-refractivity contribution is 6.27. The van der Waals surface area contributed by atoms with Crippen LogP contribution in [0.15, 0.2) is 0 Å². The van der Waals surface area contributed by atoms with Gasteiger partial charge in [-0.15, -0.1) is 0 Å². The van der Waals surface area contributed by atoms with E-state index in [0.29, 0.717) is 0 Å². The van der Waals surface area contributed by atoms with Crippen molar-refractivity contribution in [1.82, 2.24) is 0 Å². The van der Waals surface area contributed by atoms with Gasteiger partial charge in [0.2, 0.25) is 0 Å². The first-order valence-corrected chi connectivity index (χ1v) is 4.81. The van der Waals surface area contributed by atoms with Gasteiger partial charge in [0, 0.05) is 6.61 Å². The first-order chi connectivity index (χ1) is 4.73. The van der Waals surface area contributed by atoms with Gasteiger partial charge in [0.25, 0.3) is 0 Å². The van der Waals surface area contributed by atoms with Crippen LogP contribution in [0.25, 0.3) is 0 Å². The molecule has 1 fully saturated rings. The van der Waals surface area contributed by atoms with Gasteiger partial charge in [-0.3, -0.25) is 0 Å². The van der Waals surface area contributed by atoms with Crippen molar-refractivity contribution in [2.75, 3.05) is 6.61 Å². The van der Waals surface area contributed by atoms with Crippen molar-refractivity contribution >= 4 is 15.9 Å². The molecule has 0 aliphatic carbocycles. The van der Waals surface area contributed by atoms with E-state index < -0.39 is 6.16 Å². The lowest BCUT2D eigenvalue weighted by molar-refractivity contribution is 0.137. The highest BCUT2D eigenvalue weighted by atomic mass is 28.2. The molecule has 0 amide bonds. The lowest BCUT2D eigenvalue weighted by Crippen LogP contribution is -2.06. The van der Waals surface area contributed by atoms with E-state index in [9.17, 15) is 0 Å². The molecule has 1 aliphatic rings. The van der Waals surface area contributed by atoms with E-state index in [1.807, 2.05) is 0 Å². The topological polar surface area (TPSA) is 66.8 Å². The third kappa shape index (κ3) is 10.4. The Morgan fingerprint density at radius 1 is 1.40 bits per heavy atom. The summed E-state index contributed by atoms with van der Waals surface area (Å²) in [6, 6.07) is 1.42. The van der Waals surface area contributed by atoms with E-state index in [-0.39, 0.29) is 9.76 Å². The second-order valence-electron chi connectivity index (χ2n) is 1.96. The van der Waals surface area contributed by atoms with E-state index in [1.165, 1.54) is 18.9 Å². The monoisotopic (exact) mass is 164 g/mol. The van der Waals surface area contributed by atoms with Gasteiger partial charge in [0.15, 0.2) is 9.76 Å². The molecular weight excluding hydrogens is 152 g/mol. The normalized spacial score (nSPS) is 19.2. The molecule has 0 aromatic rings. The Morgan fingerprint density at radius 3 is 2.10 bits per heavy atom. The van der Waals surface area contributed by atoms with Crippen molar-refractivity contribution in [3.05, 3.63) is 0 Å². The van der Waals surface area contributed by atoms with Crippen LogP contribution >= 0.6 is 0 Å². The maximum Gasteiger partial charge on any atom is 0.503 e. The molecule has 0 aromatic carbocycles. The van der Waals surface area contributed by atoms with E-state index in [0.717, 1.165) is 6.61 Å². The summed E-state index contributed by atoms with van der Waals surface area (Å²) < 4.78 is 5.21. The smallest absolute Gasteiger partial charge is 0.450 e. The quantitative estimate of drug-likeness (QED) is 0.512. The van der Waals surface area contributed by atoms with Gasteiger partial charge in [-0.2, -0.15) is 0 Å². The lowest BCUT2D eigenvalue weighted by Gasteiger charge is -2.07. The molecule has 1 rings (SSSR count). The molecule has 2 N–H and O–H groups in total. The molecule has 60 valence electrons.